The van der Waals surface area contributed by atoms with Crippen LogP contribution >= 0.6 is 0 Å². The second-order valence-electron chi connectivity index (χ2n) is 4.91. The van der Waals surface area contributed by atoms with E-state index < -0.39 is 11.5 Å². The van der Waals surface area contributed by atoms with Crippen LogP contribution < -0.4 is 5.32 Å². The normalized spacial score (nSPS) is 16.6. The molecule has 2 N–H and O–H groups in total. The molecule has 0 radical (unpaired) electrons. The Kier molecular flexibility index (Phi) is 5.48. The van der Waals surface area contributed by atoms with Gasteiger partial charge in [-0.1, -0.05) is 34.1 Å². The lowest BCUT2D eigenvalue weighted by Gasteiger charge is -2.28. The van der Waals surface area contributed by atoms with Crippen LogP contribution in [0.5, 0.6) is 0 Å². The first kappa shape index (κ1) is 14.9. The van der Waals surface area contributed by atoms with E-state index in [0.717, 1.165) is 6.42 Å². The maximum atomic E-state index is 11.8. The molecule has 0 aromatic rings. The Morgan fingerprint density at radius 1 is 1.31 bits per heavy atom. The summed E-state index contributed by atoms with van der Waals surface area (Å²) in [5.41, 5.74) is -1.14. The van der Waals surface area contributed by atoms with Gasteiger partial charge in [-0.25, -0.2) is 4.79 Å². The molecular weight excluding hydrogens is 206 g/mol. The van der Waals surface area contributed by atoms with Crippen LogP contribution in [-0.4, -0.2) is 22.5 Å². The molecule has 4 nitrogen and oxygen atoms in total. The van der Waals surface area contributed by atoms with Crippen molar-refractivity contribution in [1.82, 2.24) is 5.32 Å². The maximum absolute atomic E-state index is 11.8. The monoisotopic (exact) mass is 229 g/mol. The zero-order valence-electron chi connectivity index (χ0n) is 10.8. The fourth-order valence-electron chi connectivity index (χ4n) is 1.41. The molecule has 4 heteroatoms. The molecule has 0 aliphatic rings. The third-order valence-corrected chi connectivity index (χ3v) is 3.03. The minimum absolute atomic E-state index is 0.171. The summed E-state index contributed by atoms with van der Waals surface area (Å²) in [6.07, 6.45) is 1.16. The van der Waals surface area contributed by atoms with Crippen LogP contribution in [-0.2, 0) is 9.59 Å². The SMILES string of the molecule is CCCC(C)(NC(=O)C(C)C(C)C)C(=O)O. The average molecular weight is 229 g/mol. The van der Waals surface area contributed by atoms with Crippen LogP contribution in [0.2, 0.25) is 0 Å². The second kappa shape index (κ2) is 5.87. The molecule has 0 aromatic carbocycles. The van der Waals surface area contributed by atoms with Crippen LogP contribution in [0, 0.1) is 11.8 Å². The van der Waals surface area contributed by atoms with Crippen molar-refractivity contribution in [2.75, 3.05) is 0 Å². The van der Waals surface area contributed by atoms with E-state index in [-0.39, 0.29) is 17.7 Å². The van der Waals surface area contributed by atoms with Crippen LogP contribution in [0.3, 0.4) is 0 Å². The molecule has 0 heterocycles. The predicted octanol–water partition coefficient (Wildman–Crippen LogP) is 2.04. The number of hydrogen-bond donors (Lipinski definition) is 2. The molecule has 16 heavy (non-hydrogen) atoms. The standard InChI is InChI=1S/C12H23NO3/c1-6-7-12(5,11(15)16)13-10(14)9(4)8(2)3/h8-9H,6-7H2,1-5H3,(H,13,14)(H,15,16). The zero-order chi connectivity index (χ0) is 12.9. The maximum Gasteiger partial charge on any atom is 0.329 e. The van der Waals surface area contributed by atoms with Gasteiger partial charge in [-0.3, -0.25) is 4.79 Å². The molecule has 1 amide bonds. The number of carboxylic acid groups (broad SMARTS) is 1. The first-order chi connectivity index (χ1) is 7.24. The molecule has 0 saturated heterocycles. The summed E-state index contributed by atoms with van der Waals surface area (Å²) in [6.45, 7) is 9.17. The second-order valence-corrected chi connectivity index (χ2v) is 4.91. The highest BCUT2D eigenvalue weighted by Gasteiger charge is 2.35. The van der Waals surface area contributed by atoms with E-state index in [1.807, 2.05) is 27.7 Å². The lowest BCUT2D eigenvalue weighted by molar-refractivity contribution is -0.148. The van der Waals surface area contributed by atoms with Crippen molar-refractivity contribution in [3.05, 3.63) is 0 Å². The van der Waals surface area contributed by atoms with E-state index in [2.05, 4.69) is 5.32 Å². The van der Waals surface area contributed by atoms with Gasteiger partial charge < -0.3 is 10.4 Å². The Bertz CT molecular complexity index is 263. The van der Waals surface area contributed by atoms with Gasteiger partial charge in [0.05, 0.1) is 0 Å². The van der Waals surface area contributed by atoms with Crippen molar-refractivity contribution in [3.8, 4) is 0 Å². The van der Waals surface area contributed by atoms with E-state index >= 15 is 0 Å². The Morgan fingerprint density at radius 3 is 2.12 bits per heavy atom. The Balaban J connectivity index is 4.65. The minimum atomic E-state index is -1.14. The molecule has 94 valence electrons. The fraction of sp³-hybridized carbons (Fsp3) is 0.833. The van der Waals surface area contributed by atoms with E-state index in [1.165, 1.54) is 0 Å². The third-order valence-electron chi connectivity index (χ3n) is 3.03. The zero-order valence-corrected chi connectivity index (χ0v) is 10.8. The lowest BCUT2D eigenvalue weighted by atomic mass is 9.92. The van der Waals surface area contributed by atoms with Gasteiger partial charge in [0.15, 0.2) is 0 Å². The van der Waals surface area contributed by atoms with E-state index in [0.29, 0.717) is 6.42 Å². The van der Waals surface area contributed by atoms with Gasteiger partial charge in [0, 0.05) is 5.92 Å². The van der Waals surface area contributed by atoms with Crippen LogP contribution in [0.4, 0.5) is 0 Å². The molecule has 0 aromatic heterocycles. The van der Waals surface area contributed by atoms with Crippen LogP contribution in [0.1, 0.15) is 47.5 Å². The van der Waals surface area contributed by atoms with Crippen molar-refractivity contribution in [2.24, 2.45) is 11.8 Å². The van der Waals surface area contributed by atoms with E-state index in [4.69, 9.17) is 5.11 Å². The number of carbonyl (C=O) groups excluding carboxylic acids is 1. The molecule has 0 aliphatic carbocycles. The van der Waals surface area contributed by atoms with Crippen LogP contribution in [0.15, 0.2) is 0 Å². The Morgan fingerprint density at radius 2 is 1.81 bits per heavy atom. The van der Waals surface area contributed by atoms with Gasteiger partial charge in [0.25, 0.3) is 0 Å². The predicted molar refractivity (Wildman–Crippen MR) is 63.1 cm³/mol. The highest BCUT2D eigenvalue weighted by Crippen LogP contribution is 2.16. The molecule has 0 saturated carbocycles. The van der Waals surface area contributed by atoms with Crippen molar-refractivity contribution >= 4 is 11.9 Å². The first-order valence-electron chi connectivity index (χ1n) is 5.80. The topological polar surface area (TPSA) is 66.4 Å². The molecule has 0 rings (SSSR count). The molecule has 2 unspecified atom stereocenters. The number of amides is 1. The van der Waals surface area contributed by atoms with Crippen molar-refractivity contribution < 1.29 is 14.7 Å². The number of carbonyl (C=O) groups is 2. The summed E-state index contributed by atoms with van der Waals surface area (Å²) in [5, 5.41) is 11.8. The largest absolute Gasteiger partial charge is 0.480 e. The molecular formula is C12H23NO3. The molecule has 0 fully saturated rings. The van der Waals surface area contributed by atoms with Gasteiger partial charge in [-0.15, -0.1) is 0 Å². The van der Waals surface area contributed by atoms with Crippen molar-refractivity contribution in [1.29, 1.82) is 0 Å². The molecule has 0 spiro atoms. The smallest absolute Gasteiger partial charge is 0.329 e. The highest BCUT2D eigenvalue weighted by atomic mass is 16.4. The quantitative estimate of drug-likeness (QED) is 0.732. The lowest BCUT2D eigenvalue weighted by Crippen LogP contribution is -2.53. The summed E-state index contributed by atoms with van der Waals surface area (Å²) in [7, 11) is 0. The highest BCUT2D eigenvalue weighted by molar-refractivity contribution is 5.87. The van der Waals surface area contributed by atoms with E-state index in [9.17, 15) is 9.59 Å². The number of nitrogens with one attached hydrogen (secondary N) is 1. The van der Waals surface area contributed by atoms with Crippen molar-refractivity contribution in [3.63, 3.8) is 0 Å². The summed E-state index contributed by atoms with van der Waals surface area (Å²) >= 11 is 0. The Labute approximate surface area is 97.4 Å². The molecule has 2 atom stereocenters. The summed E-state index contributed by atoms with van der Waals surface area (Å²) in [6, 6.07) is 0. The van der Waals surface area contributed by atoms with Gasteiger partial charge in [0.1, 0.15) is 5.54 Å². The summed E-state index contributed by atoms with van der Waals surface area (Å²) in [4.78, 5) is 22.9. The van der Waals surface area contributed by atoms with Crippen molar-refractivity contribution in [2.45, 2.75) is 53.0 Å². The Hall–Kier alpha value is -1.06. The average Bonchev–Trinajstić information content (AvgIpc) is 2.16. The van der Waals surface area contributed by atoms with Gasteiger partial charge in [-0.05, 0) is 19.3 Å². The van der Waals surface area contributed by atoms with Crippen LogP contribution in [0.25, 0.3) is 0 Å². The van der Waals surface area contributed by atoms with Gasteiger partial charge >= 0.3 is 5.97 Å². The summed E-state index contributed by atoms with van der Waals surface area (Å²) < 4.78 is 0. The first-order valence-corrected chi connectivity index (χ1v) is 5.80. The van der Waals surface area contributed by atoms with Gasteiger partial charge in [-0.2, -0.15) is 0 Å². The number of rotatable bonds is 6. The van der Waals surface area contributed by atoms with Gasteiger partial charge in [0.2, 0.25) is 5.91 Å². The summed E-state index contributed by atoms with van der Waals surface area (Å²) in [5.74, 6) is -1.12. The number of aliphatic carboxylic acids is 1. The minimum Gasteiger partial charge on any atom is -0.480 e. The molecule has 0 aliphatic heterocycles. The third kappa shape index (κ3) is 3.83. The fourth-order valence-corrected chi connectivity index (χ4v) is 1.41. The number of hydrogen-bond acceptors (Lipinski definition) is 2. The van der Waals surface area contributed by atoms with E-state index in [1.54, 1.807) is 6.92 Å². The number of carboxylic acids is 1. The molecule has 0 bridgehead atoms.